The monoisotopic (exact) mass is 267 g/mol. The average molecular weight is 267 g/mol. The van der Waals surface area contributed by atoms with E-state index in [2.05, 4.69) is 0 Å². The number of carbonyl (C=O) groups excluding carboxylic acids is 2. The molecule has 0 unspecified atom stereocenters. The quantitative estimate of drug-likeness (QED) is 0.751. The molecule has 0 aliphatic rings. The number of nitrogens with zero attached hydrogens (tertiary/aromatic N) is 1. The van der Waals surface area contributed by atoms with Gasteiger partial charge in [0.15, 0.2) is 11.5 Å². The third-order valence-electron chi connectivity index (χ3n) is 2.64. The molecule has 0 radical (unpaired) electrons. The van der Waals surface area contributed by atoms with Crippen LogP contribution in [-0.4, -0.2) is 40.1 Å². The lowest BCUT2D eigenvalue weighted by atomic mass is 10.2. The molecule has 1 rings (SSSR count). The Morgan fingerprint density at radius 1 is 1.00 bits per heavy atom. The Kier molecular flexibility index (Phi) is 4.74. The number of hydrogen-bond donors (Lipinski definition) is 0. The molecule has 1 aromatic carbocycles. The minimum atomic E-state index is -0.616. The fourth-order valence-corrected chi connectivity index (χ4v) is 1.61. The molecule has 0 heterocycles. The molecule has 1 aromatic rings. The lowest BCUT2D eigenvalue weighted by Gasteiger charge is -2.19. The van der Waals surface area contributed by atoms with Crippen LogP contribution in [0.1, 0.15) is 6.92 Å². The predicted molar refractivity (Wildman–Crippen MR) is 70.2 cm³/mol. The largest absolute Gasteiger partial charge is 0.493 e. The molecule has 6 heteroatoms. The molecule has 104 valence electrons. The molecule has 0 bridgehead atoms. The van der Waals surface area contributed by atoms with Crippen LogP contribution in [0.5, 0.6) is 17.2 Å². The van der Waals surface area contributed by atoms with Gasteiger partial charge < -0.3 is 19.1 Å². The molecule has 0 atom stereocenters. The highest BCUT2D eigenvalue weighted by atomic mass is 16.5. The van der Waals surface area contributed by atoms with E-state index in [0.717, 1.165) is 0 Å². The normalized spacial score (nSPS) is 9.74. The summed E-state index contributed by atoms with van der Waals surface area (Å²) < 4.78 is 15.5. The number of ketones is 1. The number of methoxy groups -OCH3 is 3. The average Bonchev–Trinajstić information content (AvgIpc) is 2.43. The lowest BCUT2D eigenvalue weighted by Crippen LogP contribution is -2.31. The van der Waals surface area contributed by atoms with Gasteiger partial charge in [-0.3, -0.25) is 9.59 Å². The smallest absolute Gasteiger partial charge is 0.293 e. The van der Waals surface area contributed by atoms with Crippen molar-refractivity contribution in [3.05, 3.63) is 12.1 Å². The number of ether oxygens (including phenoxy) is 3. The van der Waals surface area contributed by atoms with E-state index >= 15 is 0 Å². The Morgan fingerprint density at radius 3 is 1.79 bits per heavy atom. The first-order chi connectivity index (χ1) is 8.96. The van der Waals surface area contributed by atoms with Gasteiger partial charge in [-0.25, -0.2) is 0 Å². The van der Waals surface area contributed by atoms with Gasteiger partial charge in [-0.1, -0.05) is 0 Å². The van der Waals surface area contributed by atoms with Crippen LogP contribution in [0, 0.1) is 0 Å². The maximum Gasteiger partial charge on any atom is 0.293 e. The number of carbonyl (C=O) groups is 2. The number of rotatable bonds is 5. The molecule has 0 spiro atoms. The highest BCUT2D eigenvalue weighted by Gasteiger charge is 2.20. The van der Waals surface area contributed by atoms with E-state index in [1.54, 1.807) is 12.1 Å². The molecular weight excluding hydrogens is 250 g/mol. The maximum absolute atomic E-state index is 11.7. The van der Waals surface area contributed by atoms with Gasteiger partial charge in [-0.05, 0) is 0 Å². The van der Waals surface area contributed by atoms with E-state index in [0.29, 0.717) is 22.9 Å². The Balaban J connectivity index is 3.30. The lowest BCUT2D eigenvalue weighted by molar-refractivity contribution is -0.134. The molecule has 19 heavy (non-hydrogen) atoms. The fraction of sp³-hybridized carbons (Fsp3) is 0.385. The number of benzene rings is 1. The summed E-state index contributed by atoms with van der Waals surface area (Å²) in [6.07, 6.45) is 0. The van der Waals surface area contributed by atoms with E-state index in [9.17, 15) is 9.59 Å². The molecular formula is C13H17NO5. The summed E-state index contributed by atoms with van der Waals surface area (Å²) in [5, 5.41) is 0. The van der Waals surface area contributed by atoms with Crippen LogP contribution in [0.2, 0.25) is 0 Å². The number of likely N-dealkylation sites (N-methyl/N-ethyl adjacent to an activating group) is 1. The van der Waals surface area contributed by atoms with Crippen LogP contribution in [0.3, 0.4) is 0 Å². The molecule has 6 nitrogen and oxygen atoms in total. The molecule has 0 saturated heterocycles. The predicted octanol–water partition coefficient (Wildman–Crippen LogP) is 1.26. The molecule has 1 amide bonds. The number of anilines is 1. The van der Waals surface area contributed by atoms with Crippen LogP contribution >= 0.6 is 0 Å². The summed E-state index contributed by atoms with van der Waals surface area (Å²) in [6, 6.07) is 3.20. The van der Waals surface area contributed by atoms with Gasteiger partial charge in [0.05, 0.1) is 27.0 Å². The first kappa shape index (κ1) is 14.8. The second-order valence-electron chi connectivity index (χ2n) is 3.80. The van der Waals surface area contributed by atoms with Crippen LogP contribution in [0.15, 0.2) is 12.1 Å². The van der Waals surface area contributed by atoms with Gasteiger partial charge in [-0.15, -0.1) is 0 Å². The molecule has 0 saturated carbocycles. The Bertz CT molecular complexity index is 473. The van der Waals surface area contributed by atoms with Crippen molar-refractivity contribution >= 4 is 17.4 Å². The molecule has 0 aromatic heterocycles. The van der Waals surface area contributed by atoms with Crippen molar-refractivity contribution in [2.24, 2.45) is 0 Å². The first-order valence-corrected chi connectivity index (χ1v) is 5.54. The first-order valence-electron chi connectivity index (χ1n) is 5.54. The van der Waals surface area contributed by atoms with E-state index in [1.807, 2.05) is 0 Å². The SMILES string of the molecule is COc1cc(N(C)C(=O)C(C)=O)cc(OC)c1OC. The molecule has 0 aliphatic heterocycles. The minimum Gasteiger partial charge on any atom is -0.493 e. The fourth-order valence-electron chi connectivity index (χ4n) is 1.61. The number of hydrogen-bond acceptors (Lipinski definition) is 5. The highest BCUT2D eigenvalue weighted by molar-refractivity contribution is 6.40. The van der Waals surface area contributed by atoms with Gasteiger partial charge in [-0.2, -0.15) is 0 Å². The van der Waals surface area contributed by atoms with Crippen molar-refractivity contribution in [1.82, 2.24) is 0 Å². The highest BCUT2D eigenvalue weighted by Crippen LogP contribution is 2.40. The van der Waals surface area contributed by atoms with Gasteiger partial charge in [0, 0.05) is 26.1 Å². The van der Waals surface area contributed by atoms with Gasteiger partial charge in [0.1, 0.15) is 0 Å². The molecule has 0 aliphatic carbocycles. The van der Waals surface area contributed by atoms with Crippen molar-refractivity contribution in [2.45, 2.75) is 6.92 Å². The standard InChI is InChI=1S/C13H17NO5/c1-8(15)13(16)14(2)9-6-10(17-3)12(19-5)11(7-9)18-4/h6-7H,1-5H3. The van der Waals surface area contributed by atoms with Crippen molar-refractivity contribution in [3.63, 3.8) is 0 Å². The number of amides is 1. The van der Waals surface area contributed by atoms with E-state index < -0.39 is 11.7 Å². The third kappa shape index (κ3) is 2.96. The summed E-state index contributed by atoms with van der Waals surface area (Å²) in [6.45, 7) is 1.22. The van der Waals surface area contributed by atoms with Crippen molar-refractivity contribution in [2.75, 3.05) is 33.3 Å². The van der Waals surface area contributed by atoms with Gasteiger partial charge >= 0.3 is 0 Å². The zero-order valence-electron chi connectivity index (χ0n) is 11.6. The van der Waals surface area contributed by atoms with E-state index in [1.165, 1.54) is 40.2 Å². The van der Waals surface area contributed by atoms with Crippen molar-refractivity contribution in [1.29, 1.82) is 0 Å². The van der Waals surface area contributed by atoms with Crippen LogP contribution in [-0.2, 0) is 9.59 Å². The van der Waals surface area contributed by atoms with E-state index in [4.69, 9.17) is 14.2 Å². The van der Waals surface area contributed by atoms with Gasteiger partial charge in [0.2, 0.25) is 11.5 Å². The second kappa shape index (κ2) is 6.08. The third-order valence-corrected chi connectivity index (χ3v) is 2.64. The van der Waals surface area contributed by atoms with Crippen molar-refractivity contribution < 1.29 is 23.8 Å². The Hall–Kier alpha value is -2.24. The maximum atomic E-state index is 11.7. The van der Waals surface area contributed by atoms with Crippen molar-refractivity contribution in [3.8, 4) is 17.2 Å². The summed E-state index contributed by atoms with van der Waals surface area (Å²) in [4.78, 5) is 24.0. The van der Waals surface area contributed by atoms with E-state index in [-0.39, 0.29) is 0 Å². The van der Waals surface area contributed by atoms with Crippen LogP contribution in [0.4, 0.5) is 5.69 Å². The molecule has 0 fully saturated rings. The summed E-state index contributed by atoms with van der Waals surface area (Å²) in [7, 11) is 5.96. The Labute approximate surface area is 111 Å². The zero-order valence-corrected chi connectivity index (χ0v) is 11.6. The van der Waals surface area contributed by atoms with Gasteiger partial charge in [0.25, 0.3) is 5.91 Å². The summed E-state index contributed by atoms with van der Waals surface area (Å²) in [5.41, 5.74) is 0.481. The van der Waals surface area contributed by atoms with Crippen LogP contribution < -0.4 is 19.1 Å². The van der Waals surface area contributed by atoms with Crippen LogP contribution in [0.25, 0.3) is 0 Å². The zero-order chi connectivity index (χ0) is 14.6. The molecule has 0 N–H and O–H groups in total. The Morgan fingerprint density at radius 2 is 1.47 bits per heavy atom. The topological polar surface area (TPSA) is 65.1 Å². The second-order valence-corrected chi connectivity index (χ2v) is 3.80. The summed E-state index contributed by atoms with van der Waals surface area (Å²) >= 11 is 0. The minimum absolute atomic E-state index is 0.417. The number of Topliss-reactive ketones (excluding diaryl/α,β-unsaturated/α-hetero) is 1. The summed E-state index contributed by atoms with van der Waals surface area (Å²) in [5.74, 6) is 0.100.